The third-order valence-electron chi connectivity index (χ3n) is 3.13. The molecular formula is C12H17BrFN3. The minimum absolute atomic E-state index is 0.258. The van der Waals surface area contributed by atoms with Gasteiger partial charge in [0.05, 0.1) is 15.8 Å². The second-order valence-electron chi connectivity index (χ2n) is 4.47. The van der Waals surface area contributed by atoms with E-state index in [1.54, 1.807) is 6.07 Å². The Balaban J connectivity index is 2.24. The molecule has 1 aliphatic heterocycles. The first kappa shape index (κ1) is 12.6. The smallest absolute Gasteiger partial charge is 0.139 e. The summed E-state index contributed by atoms with van der Waals surface area (Å²) in [4.78, 5) is 4.44. The predicted molar refractivity (Wildman–Crippen MR) is 72.8 cm³/mol. The average molecular weight is 302 g/mol. The Morgan fingerprint density at radius 3 is 2.76 bits per heavy atom. The number of hydrogen-bond acceptors (Lipinski definition) is 3. The fourth-order valence-corrected chi connectivity index (χ4v) is 2.47. The van der Waals surface area contributed by atoms with E-state index in [4.69, 9.17) is 5.73 Å². The lowest BCUT2D eigenvalue weighted by Gasteiger charge is -2.24. The number of anilines is 2. The second kappa shape index (κ2) is 5.23. The standard InChI is InChI=1S/C12H17BrFN3/c1-16-3-2-4-17(6-5-16)12-8-10(14)9(13)7-11(12)15/h7-8H,2-6,15H2,1H3. The SMILES string of the molecule is CN1CCCN(c2cc(F)c(Br)cc2N)CC1. The molecule has 3 nitrogen and oxygen atoms in total. The van der Waals surface area contributed by atoms with Gasteiger partial charge in [0.1, 0.15) is 5.82 Å². The van der Waals surface area contributed by atoms with E-state index in [9.17, 15) is 4.39 Å². The van der Waals surface area contributed by atoms with Crippen molar-refractivity contribution in [1.29, 1.82) is 0 Å². The summed E-state index contributed by atoms with van der Waals surface area (Å²) in [5, 5.41) is 0. The van der Waals surface area contributed by atoms with Gasteiger partial charge in [-0.2, -0.15) is 0 Å². The van der Waals surface area contributed by atoms with Crippen molar-refractivity contribution in [1.82, 2.24) is 4.90 Å². The second-order valence-corrected chi connectivity index (χ2v) is 5.32. The Morgan fingerprint density at radius 2 is 2.00 bits per heavy atom. The third kappa shape index (κ3) is 2.90. The molecule has 0 bridgehead atoms. The van der Waals surface area contributed by atoms with Crippen LogP contribution in [0, 0.1) is 5.82 Å². The van der Waals surface area contributed by atoms with Gasteiger partial charge >= 0.3 is 0 Å². The van der Waals surface area contributed by atoms with Gasteiger partial charge in [0.25, 0.3) is 0 Å². The van der Waals surface area contributed by atoms with Crippen LogP contribution in [0.4, 0.5) is 15.8 Å². The lowest BCUT2D eigenvalue weighted by atomic mass is 10.2. The van der Waals surface area contributed by atoms with Gasteiger partial charge in [0.2, 0.25) is 0 Å². The maximum atomic E-state index is 13.6. The number of rotatable bonds is 1. The molecule has 0 aliphatic carbocycles. The first-order valence-electron chi connectivity index (χ1n) is 5.76. The maximum Gasteiger partial charge on any atom is 0.139 e. The molecule has 1 fully saturated rings. The molecule has 2 N–H and O–H groups in total. The van der Waals surface area contributed by atoms with Gasteiger partial charge in [-0.3, -0.25) is 0 Å². The van der Waals surface area contributed by atoms with Crippen molar-refractivity contribution >= 4 is 27.3 Å². The summed E-state index contributed by atoms with van der Waals surface area (Å²) in [5.74, 6) is -0.258. The molecule has 0 radical (unpaired) electrons. The van der Waals surface area contributed by atoms with Crippen LogP contribution in [0.5, 0.6) is 0 Å². The van der Waals surface area contributed by atoms with Crippen molar-refractivity contribution in [2.75, 3.05) is 43.9 Å². The van der Waals surface area contributed by atoms with E-state index in [1.807, 2.05) is 0 Å². The Labute approximate surface area is 110 Å². The van der Waals surface area contributed by atoms with Crippen LogP contribution in [0.15, 0.2) is 16.6 Å². The molecule has 1 aromatic rings. The first-order chi connectivity index (χ1) is 8.08. The van der Waals surface area contributed by atoms with E-state index >= 15 is 0 Å². The lowest BCUT2D eigenvalue weighted by Crippen LogP contribution is -2.29. The number of hydrogen-bond donors (Lipinski definition) is 1. The molecular weight excluding hydrogens is 285 g/mol. The Hall–Kier alpha value is -0.810. The highest BCUT2D eigenvalue weighted by molar-refractivity contribution is 9.10. The zero-order valence-electron chi connectivity index (χ0n) is 9.92. The van der Waals surface area contributed by atoms with Crippen molar-refractivity contribution in [3.05, 3.63) is 22.4 Å². The van der Waals surface area contributed by atoms with Crippen LogP contribution in [0.2, 0.25) is 0 Å². The van der Waals surface area contributed by atoms with Crippen LogP contribution in [-0.2, 0) is 0 Å². The quantitative estimate of drug-likeness (QED) is 0.808. The minimum Gasteiger partial charge on any atom is -0.397 e. The molecule has 5 heteroatoms. The number of nitrogens with two attached hydrogens (primary N) is 1. The molecule has 1 heterocycles. The Bertz CT molecular complexity index is 411. The molecule has 2 rings (SSSR count). The Kier molecular flexibility index (Phi) is 3.89. The van der Waals surface area contributed by atoms with Gasteiger partial charge in [0.15, 0.2) is 0 Å². The number of nitrogen functional groups attached to an aromatic ring is 1. The van der Waals surface area contributed by atoms with E-state index < -0.39 is 0 Å². The summed E-state index contributed by atoms with van der Waals surface area (Å²) < 4.78 is 14.0. The number of halogens is 2. The van der Waals surface area contributed by atoms with E-state index in [-0.39, 0.29) is 5.82 Å². The van der Waals surface area contributed by atoms with E-state index in [0.29, 0.717) is 10.2 Å². The van der Waals surface area contributed by atoms with Gasteiger partial charge < -0.3 is 15.5 Å². The van der Waals surface area contributed by atoms with E-state index in [1.165, 1.54) is 6.07 Å². The molecule has 0 saturated carbocycles. The summed E-state index contributed by atoms with van der Waals surface area (Å²) >= 11 is 3.15. The summed E-state index contributed by atoms with van der Waals surface area (Å²) in [6, 6.07) is 3.16. The molecule has 0 unspecified atom stereocenters. The topological polar surface area (TPSA) is 32.5 Å². The van der Waals surface area contributed by atoms with Crippen molar-refractivity contribution in [2.24, 2.45) is 0 Å². The molecule has 17 heavy (non-hydrogen) atoms. The number of likely N-dealkylation sites (N-methyl/N-ethyl adjacent to an activating group) is 1. The normalized spacial score (nSPS) is 18.2. The Morgan fingerprint density at radius 1 is 1.24 bits per heavy atom. The van der Waals surface area contributed by atoms with Crippen LogP contribution >= 0.6 is 15.9 Å². The summed E-state index contributed by atoms with van der Waals surface area (Å²) in [7, 11) is 2.11. The lowest BCUT2D eigenvalue weighted by molar-refractivity contribution is 0.360. The zero-order chi connectivity index (χ0) is 12.4. The highest BCUT2D eigenvalue weighted by Gasteiger charge is 2.16. The highest BCUT2D eigenvalue weighted by Crippen LogP contribution is 2.30. The van der Waals surface area contributed by atoms with E-state index in [2.05, 4.69) is 32.8 Å². The minimum atomic E-state index is -0.258. The fraction of sp³-hybridized carbons (Fsp3) is 0.500. The zero-order valence-corrected chi connectivity index (χ0v) is 11.5. The van der Waals surface area contributed by atoms with Gasteiger partial charge in [-0.1, -0.05) is 0 Å². The molecule has 1 aliphatic rings. The van der Waals surface area contributed by atoms with E-state index in [0.717, 1.165) is 38.3 Å². The summed E-state index contributed by atoms with van der Waals surface area (Å²) in [6.07, 6.45) is 1.08. The molecule has 0 spiro atoms. The van der Waals surface area contributed by atoms with Gasteiger partial charge in [-0.25, -0.2) is 4.39 Å². The van der Waals surface area contributed by atoms with Crippen molar-refractivity contribution in [2.45, 2.75) is 6.42 Å². The largest absolute Gasteiger partial charge is 0.397 e. The monoisotopic (exact) mass is 301 g/mol. The summed E-state index contributed by atoms with van der Waals surface area (Å²) in [5.41, 5.74) is 7.39. The molecule has 1 saturated heterocycles. The number of nitrogens with zero attached hydrogens (tertiary/aromatic N) is 2. The van der Waals surface area contributed by atoms with Crippen LogP contribution in [0.3, 0.4) is 0 Å². The van der Waals surface area contributed by atoms with Crippen molar-refractivity contribution in [3.8, 4) is 0 Å². The molecule has 1 aromatic carbocycles. The van der Waals surface area contributed by atoms with Gasteiger partial charge in [0, 0.05) is 25.7 Å². The number of benzene rings is 1. The maximum absolute atomic E-state index is 13.6. The van der Waals surface area contributed by atoms with Crippen LogP contribution < -0.4 is 10.6 Å². The fourth-order valence-electron chi connectivity index (χ4n) is 2.11. The van der Waals surface area contributed by atoms with Crippen LogP contribution in [0.1, 0.15) is 6.42 Å². The van der Waals surface area contributed by atoms with Gasteiger partial charge in [-0.05, 0) is 42.0 Å². The third-order valence-corrected chi connectivity index (χ3v) is 3.74. The molecule has 0 aromatic heterocycles. The predicted octanol–water partition coefficient (Wildman–Crippen LogP) is 2.31. The summed E-state index contributed by atoms with van der Waals surface area (Å²) in [6.45, 7) is 3.88. The molecule has 94 valence electrons. The molecule has 0 amide bonds. The molecule has 0 atom stereocenters. The van der Waals surface area contributed by atoms with Crippen LogP contribution in [-0.4, -0.2) is 38.1 Å². The van der Waals surface area contributed by atoms with Gasteiger partial charge in [-0.15, -0.1) is 0 Å². The highest BCUT2D eigenvalue weighted by atomic mass is 79.9. The van der Waals surface area contributed by atoms with Crippen LogP contribution in [0.25, 0.3) is 0 Å². The first-order valence-corrected chi connectivity index (χ1v) is 6.55. The van der Waals surface area contributed by atoms with Crippen molar-refractivity contribution in [3.63, 3.8) is 0 Å². The average Bonchev–Trinajstić information content (AvgIpc) is 2.49. The van der Waals surface area contributed by atoms with Crippen molar-refractivity contribution < 1.29 is 4.39 Å².